The first-order chi connectivity index (χ1) is 9.81. The van der Waals surface area contributed by atoms with Crippen molar-refractivity contribution in [3.63, 3.8) is 0 Å². The lowest BCUT2D eigenvalue weighted by atomic mass is 10.3. The molecule has 110 valence electrons. The highest BCUT2D eigenvalue weighted by molar-refractivity contribution is 5.46. The molecule has 1 saturated heterocycles. The Morgan fingerprint density at radius 3 is 2.85 bits per heavy atom. The minimum absolute atomic E-state index is 0.248. The molecule has 2 aliphatic rings. The van der Waals surface area contributed by atoms with Crippen molar-refractivity contribution in [1.82, 2.24) is 4.90 Å². The van der Waals surface area contributed by atoms with Crippen molar-refractivity contribution in [2.75, 3.05) is 46.2 Å². The molecule has 2 heterocycles. The summed E-state index contributed by atoms with van der Waals surface area (Å²) in [5.74, 6) is 2.09. The highest BCUT2D eigenvalue weighted by Crippen LogP contribution is 2.35. The number of benzene rings is 1. The largest absolute Gasteiger partial charge is 0.491 e. The molecule has 0 aliphatic carbocycles. The van der Waals surface area contributed by atoms with Crippen molar-refractivity contribution < 1.29 is 24.1 Å². The molecular weight excluding hydrogens is 262 g/mol. The maximum absolute atomic E-state index is 9.99. The fraction of sp³-hybridized carbons (Fsp3) is 0.571. The van der Waals surface area contributed by atoms with Crippen molar-refractivity contribution in [2.45, 2.75) is 6.10 Å². The molecule has 1 fully saturated rings. The highest BCUT2D eigenvalue weighted by atomic mass is 16.7. The first-order valence-corrected chi connectivity index (χ1v) is 6.82. The Hall–Kier alpha value is -1.50. The Bertz CT molecular complexity index is 447. The number of morpholine rings is 1. The Balaban J connectivity index is 1.46. The lowest BCUT2D eigenvalue weighted by molar-refractivity contribution is 0.00464. The molecule has 1 unspecified atom stereocenters. The molecule has 0 bridgehead atoms. The Morgan fingerprint density at radius 1 is 1.20 bits per heavy atom. The average molecular weight is 281 g/mol. The monoisotopic (exact) mass is 281 g/mol. The number of hydrogen-bond donors (Lipinski definition) is 1. The zero-order chi connectivity index (χ0) is 13.8. The third-order valence-electron chi connectivity index (χ3n) is 3.36. The lowest BCUT2D eigenvalue weighted by Gasteiger charge is -2.28. The molecule has 0 saturated carbocycles. The second-order valence-electron chi connectivity index (χ2n) is 4.89. The van der Waals surface area contributed by atoms with Gasteiger partial charge in [0.05, 0.1) is 13.2 Å². The van der Waals surface area contributed by atoms with Crippen LogP contribution in [0.1, 0.15) is 0 Å². The molecule has 1 aromatic rings. The second-order valence-corrected chi connectivity index (χ2v) is 4.89. The molecular formula is C14H19NO5. The Labute approximate surface area is 117 Å². The van der Waals surface area contributed by atoms with E-state index in [1.165, 1.54) is 0 Å². The minimum Gasteiger partial charge on any atom is -0.491 e. The number of aliphatic hydroxyl groups is 1. The van der Waals surface area contributed by atoms with Crippen molar-refractivity contribution >= 4 is 0 Å². The first kappa shape index (κ1) is 13.5. The van der Waals surface area contributed by atoms with Gasteiger partial charge < -0.3 is 24.1 Å². The fourth-order valence-corrected chi connectivity index (χ4v) is 2.29. The molecule has 0 aromatic heterocycles. The molecule has 6 heteroatoms. The van der Waals surface area contributed by atoms with Crippen LogP contribution in [0, 0.1) is 0 Å². The van der Waals surface area contributed by atoms with Crippen LogP contribution >= 0.6 is 0 Å². The topological polar surface area (TPSA) is 60.4 Å². The van der Waals surface area contributed by atoms with Gasteiger partial charge in [0.25, 0.3) is 0 Å². The summed E-state index contributed by atoms with van der Waals surface area (Å²) in [6.07, 6.45) is -0.515. The lowest BCUT2D eigenvalue weighted by Crippen LogP contribution is -2.42. The molecule has 1 aromatic carbocycles. The van der Waals surface area contributed by atoms with Crippen molar-refractivity contribution in [3.8, 4) is 17.2 Å². The Kier molecular flexibility index (Phi) is 4.25. The number of ether oxygens (including phenoxy) is 4. The molecule has 0 spiro atoms. The smallest absolute Gasteiger partial charge is 0.231 e. The summed E-state index contributed by atoms with van der Waals surface area (Å²) in [4.78, 5) is 2.18. The van der Waals surface area contributed by atoms with Crippen LogP contribution in [-0.2, 0) is 4.74 Å². The van der Waals surface area contributed by atoms with Crippen LogP contribution in [0.15, 0.2) is 18.2 Å². The van der Waals surface area contributed by atoms with Crippen LogP contribution in [-0.4, -0.2) is 62.4 Å². The van der Waals surface area contributed by atoms with Gasteiger partial charge in [0.1, 0.15) is 18.5 Å². The standard InChI is InChI=1S/C14H19NO5/c16-11(8-15-3-5-17-6-4-15)9-18-12-1-2-13-14(7-12)20-10-19-13/h1-2,7,11,16H,3-6,8-10H2. The van der Waals surface area contributed by atoms with Crippen LogP contribution in [0.4, 0.5) is 0 Å². The zero-order valence-electron chi connectivity index (χ0n) is 11.3. The van der Waals surface area contributed by atoms with E-state index in [0.717, 1.165) is 32.1 Å². The summed E-state index contributed by atoms with van der Waals surface area (Å²) < 4.78 is 21.4. The van der Waals surface area contributed by atoms with Crippen LogP contribution in [0.5, 0.6) is 17.2 Å². The van der Waals surface area contributed by atoms with Crippen molar-refractivity contribution in [2.24, 2.45) is 0 Å². The SMILES string of the molecule is OC(COc1ccc2c(c1)OCO2)CN1CCOCC1. The third kappa shape index (κ3) is 3.33. The van der Waals surface area contributed by atoms with E-state index < -0.39 is 6.10 Å². The average Bonchev–Trinajstić information content (AvgIpc) is 2.93. The van der Waals surface area contributed by atoms with Crippen LogP contribution in [0.25, 0.3) is 0 Å². The van der Waals surface area contributed by atoms with E-state index in [1.807, 2.05) is 12.1 Å². The van der Waals surface area contributed by atoms with Gasteiger partial charge in [-0.3, -0.25) is 4.90 Å². The van der Waals surface area contributed by atoms with Gasteiger partial charge in [-0.1, -0.05) is 0 Å². The predicted octanol–water partition coefficient (Wildman–Crippen LogP) is 0.487. The summed E-state index contributed by atoms with van der Waals surface area (Å²) in [6.45, 7) is 4.30. The molecule has 6 nitrogen and oxygen atoms in total. The molecule has 1 N–H and O–H groups in total. The molecule has 1 atom stereocenters. The molecule has 2 aliphatic heterocycles. The summed E-state index contributed by atoms with van der Waals surface area (Å²) in [5, 5.41) is 9.99. The van der Waals surface area contributed by atoms with Crippen molar-refractivity contribution in [3.05, 3.63) is 18.2 Å². The van der Waals surface area contributed by atoms with Gasteiger partial charge in [-0.05, 0) is 12.1 Å². The Morgan fingerprint density at radius 2 is 2.00 bits per heavy atom. The first-order valence-electron chi connectivity index (χ1n) is 6.82. The third-order valence-corrected chi connectivity index (χ3v) is 3.36. The number of aliphatic hydroxyl groups excluding tert-OH is 1. The van der Waals surface area contributed by atoms with E-state index in [2.05, 4.69) is 4.90 Å². The van der Waals surface area contributed by atoms with Gasteiger partial charge in [0.15, 0.2) is 11.5 Å². The number of rotatable bonds is 5. The number of β-amino-alcohol motifs (C(OH)–C–C–N with tert-alkyl or cyclic N) is 1. The molecule has 0 amide bonds. The number of fused-ring (bicyclic) bond motifs is 1. The normalized spacial score (nSPS) is 19.9. The maximum Gasteiger partial charge on any atom is 0.231 e. The van der Waals surface area contributed by atoms with E-state index in [-0.39, 0.29) is 13.4 Å². The molecule has 20 heavy (non-hydrogen) atoms. The van der Waals surface area contributed by atoms with E-state index in [1.54, 1.807) is 6.07 Å². The quantitative estimate of drug-likeness (QED) is 0.847. The van der Waals surface area contributed by atoms with Gasteiger partial charge in [0, 0.05) is 25.7 Å². The van der Waals surface area contributed by atoms with Gasteiger partial charge >= 0.3 is 0 Å². The summed E-state index contributed by atoms with van der Waals surface area (Å²) in [5.41, 5.74) is 0. The number of nitrogens with zero attached hydrogens (tertiary/aromatic N) is 1. The highest BCUT2D eigenvalue weighted by Gasteiger charge is 2.17. The summed E-state index contributed by atoms with van der Waals surface area (Å²) in [6, 6.07) is 5.41. The van der Waals surface area contributed by atoms with E-state index in [0.29, 0.717) is 18.0 Å². The van der Waals surface area contributed by atoms with Crippen LogP contribution in [0.3, 0.4) is 0 Å². The van der Waals surface area contributed by atoms with Crippen molar-refractivity contribution in [1.29, 1.82) is 0 Å². The van der Waals surface area contributed by atoms with E-state index >= 15 is 0 Å². The van der Waals surface area contributed by atoms with Gasteiger partial charge in [-0.25, -0.2) is 0 Å². The zero-order valence-corrected chi connectivity index (χ0v) is 11.3. The van der Waals surface area contributed by atoms with E-state index in [4.69, 9.17) is 18.9 Å². The van der Waals surface area contributed by atoms with Gasteiger partial charge in [-0.2, -0.15) is 0 Å². The minimum atomic E-state index is -0.515. The van der Waals surface area contributed by atoms with Gasteiger partial charge in [0.2, 0.25) is 6.79 Å². The summed E-state index contributed by atoms with van der Waals surface area (Å²) in [7, 11) is 0. The van der Waals surface area contributed by atoms with Gasteiger partial charge in [-0.15, -0.1) is 0 Å². The van der Waals surface area contributed by atoms with Crippen LogP contribution in [0.2, 0.25) is 0 Å². The predicted molar refractivity (Wildman–Crippen MR) is 71.3 cm³/mol. The van der Waals surface area contributed by atoms with E-state index in [9.17, 15) is 5.11 Å². The maximum atomic E-state index is 9.99. The second kappa shape index (κ2) is 6.30. The molecule has 3 rings (SSSR count). The number of hydrogen-bond acceptors (Lipinski definition) is 6. The molecule has 0 radical (unpaired) electrons. The fourth-order valence-electron chi connectivity index (χ4n) is 2.29. The van der Waals surface area contributed by atoms with Crippen LogP contribution < -0.4 is 14.2 Å². The summed E-state index contributed by atoms with van der Waals surface area (Å²) >= 11 is 0.